The summed E-state index contributed by atoms with van der Waals surface area (Å²) < 4.78 is 0. The molecule has 2 heterocycles. The molecule has 5 heteroatoms. The first-order chi connectivity index (χ1) is 8.91. The quantitative estimate of drug-likeness (QED) is 0.802. The summed E-state index contributed by atoms with van der Waals surface area (Å²) in [4.78, 5) is 13.1. The van der Waals surface area contributed by atoms with E-state index in [4.69, 9.17) is 16.6 Å². The second-order valence-corrected chi connectivity index (χ2v) is 6.80. The summed E-state index contributed by atoms with van der Waals surface area (Å²) in [5.41, 5.74) is 3.23. The smallest absolute Gasteiger partial charge is 0.135 e. The van der Waals surface area contributed by atoms with Gasteiger partial charge in [0.25, 0.3) is 0 Å². The van der Waals surface area contributed by atoms with Crippen molar-refractivity contribution < 1.29 is 0 Å². The molecule has 2 aromatic heterocycles. The fourth-order valence-electron chi connectivity index (χ4n) is 1.81. The Morgan fingerprint density at radius 1 is 1.26 bits per heavy atom. The third-order valence-corrected chi connectivity index (χ3v) is 4.15. The van der Waals surface area contributed by atoms with Gasteiger partial charge in [-0.3, -0.25) is 0 Å². The Morgan fingerprint density at radius 3 is 2.58 bits per heavy atom. The highest BCUT2D eigenvalue weighted by Gasteiger charge is 2.18. The molecule has 2 rings (SSSR count). The van der Waals surface area contributed by atoms with Gasteiger partial charge in [0, 0.05) is 22.8 Å². The minimum absolute atomic E-state index is 0.0889. The molecule has 3 nitrogen and oxygen atoms in total. The molecule has 0 amide bonds. The molecule has 0 aliphatic heterocycles. The maximum atomic E-state index is 6.11. The van der Waals surface area contributed by atoms with E-state index in [0.29, 0.717) is 5.15 Å². The van der Waals surface area contributed by atoms with Crippen molar-refractivity contribution in [3.05, 3.63) is 38.8 Å². The Balaban J connectivity index is 2.27. The Kier molecular flexibility index (Phi) is 4.21. The fourth-order valence-corrected chi connectivity index (χ4v) is 3.12. The topological polar surface area (TPSA) is 38.7 Å². The van der Waals surface area contributed by atoms with Crippen molar-refractivity contribution in [2.24, 2.45) is 0 Å². The third-order valence-electron chi connectivity index (χ3n) is 2.97. The molecular weight excluding hydrogens is 278 g/mol. The molecule has 0 aromatic carbocycles. The van der Waals surface area contributed by atoms with Crippen LogP contribution in [0.1, 0.15) is 49.7 Å². The van der Waals surface area contributed by atoms with Crippen LogP contribution in [-0.2, 0) is 18.3 Å². The molecular formula is C14H18ClN3S. The summed E-state index contributed by atoms with van der Waals surface area (Å²) in [6, 6.07) is 0. The minimum Gasteiger partial charge on any atom is -0.245 e. The van der Waals surface area contributed by atoms with Crippen LogP contribution in [-0.4, -0.2) is 15.0 Å². The lowest BCUT2D eigenvalue weighted by Crippen LogP contribution is -2.11. The maximum absolute atomic E-state index is 6.11. The van der Waals surface area contributed by atoms with Crippen LogP contribution in [0.15, 0.2) is 11.7 Å². The van der Waals surface area contributed by atoms with Crippen molar-refractivity contribution in [1.82, 2.24) is 15.0 Å². The Morgan fingerprint density at radius 2 is 2.00 bits per heavy atom. The molecule has 0 bridgehead atoms. The average Bonchev–Trinajstić information content (AvgIpc) is 2.77. The van der Waals surface area contributed by atoms with E-state index in [1.165, 1.54) is 6.33 Å². The zero-order valence-electron chi connectivity index (χ0n) is 11.7. The lowest BCUT2D eigenvalue weighted by Gasteiger charge is -2.14. The molecule has 102 valence electrons. The summed E-state index contributed by atoms with van der Waals surface area (Å²) in [6.45, 7) is 8.58. The lowest BCUT2D eigenvalue weighted by atomic mass is 9.93. The summed E-state index contributed by atoms with van der Waals surface area (Å²) >= 11 is 7.79. The number of hydrogen-bond donors (Lipinski definition) is 0. The molecule has 0 aliphatic rings. The molecule has 0 fully saturated rings. The van der Waals surface area contributed by atoms with Crippen molar-refractivity contribution in [3.8, 4) is 0 Å². The van der Waals surface area contributed by atoms with E-state index in [-0.39, 0.29) is 5.41 Å². The van der Waals surface area contributed by atoms with E-state index in [9.17, 15) is 0 Å². The Bertz CT molecular complexity index is 572. The van der Waals surface area contributed by atoms with Gasteiger partial charge in [0.15, 0.2) is 0 Å². The lowest BCUT2D eigenvalue weighted by molar-refractivity contribution is 0.571. The molecule has 0 saturated carbocycles. The first kappa shape index (κ1) is 14.4. The molecule has 0 atom stereocenters. The molecule has 0 N–H and O–H groups in total. The third kappa shape index (κ3) is 3.31. The van der Waals surface area contributed by atoms with Crippen molar-refractivity contribution in [2.75, 3.05) is 0 Å². The van der Waals surface area contributed by atoms with E-state index in [1.54, 1.807) is 11.3 Å². The van der Waals surface area contributed by atoms with Gasteiger partial charge in [0.2, 0.25) is 0 Å². The number of hydrogen-bond acceptors (Lipinski definition) is 4. The molecule has 0 radical (unpaired) electrons. The monoisotopic (exact) mass is 295 g/mol. The molecule has 2 aromatic rings. The maximum Gasteiger partial charge on any atom is 0.135 e. The summed E-state index contributed by atoms with van der Waals surface area (Å²) in [7, 11) is 0. The van der Waals surface area contributed by atoms with Crippen LogP contribution in [0.3, 0.4) is 0 Å². The van der Waals surface area contributed by atoms with Crippen LogP contribution in [0.5, 0.6) is 0 Å². The van der Waals surface area contributed by atoms with Crippen LogP contribution >= 0.6 is 22.9 Å². The Labute approximate surface area is 123 Å². The minimum atomic E-state index is 0.0889. The number of rotatable bonds is 3. The first-order valence-electron chi connectivity index (χ1n) is 6.35. The van der Waals surface area contributed by atoms with Crippen molar-refractivity contribution in [2.45, 2.75) is 46.0 Å². The fraction of sp³-hybridized carbons (Fsp3) is 0.500. The summed E-state index contributed by atoms with van der Waals surface area (Å²) in [5.74, 6) is 0. The number of aromatic nitrogens is 3. The highest BCUT2D eigenvalue weighted by atomic mass is 35.5. The van der Waals surface area contributed by atoms with Crippen LogP contribution in [0.2, 0.25) is 5.15 Å². The molecule has 0 spiro atoms. The average molecular weight is 296 g/mol. The summed E-state index contributed by atoms with van der Waals surface area (Å²) in [6.07, 6.45) is 3.09. The predicted molar refractivity (Wildman–Crippen MR) is 80.0 cm³/mol. The van der Waals surface area contributed by atoms with Crippen LogP contribution in [0.25, 0.3) is 0 Å². The molecule has 0 saturated heterocycles. The standard InChI is InChI=1S/C14H18ClN3S/c1-5-9-10(16-8-17-13(9)15)6-12-18-11(7-19-12)14(2,3)4/h7-8H,5-6H2,1-4H3. The van der Waals surface area contributed by atoms with Gasteiger partial charge in [-0.15, -0.1) is 11.3 Å². The predicted octanol–water partition coefficient (Wildman–Crippen LogP) is 4.04. The number of thiazole rings is 1. The van der Waals surface area contributed by atoms with Crippen molar-refractivity contribution in [3.63, 3.8) is 0 Å². The van der Waals surface area contributed by atoms with Crippen molar-refractivity contribution in [1.29, 1.82) is 0 Å². The van der Waals surface area contributed by atoms with Gasteiger partial charge < -0.3 is 0 Å². The molecule has 19 heavy (non-hydrogen) atoms. The number of halogens is 1. The van der Waals surface area contributed by atoms with Gasteiger partial charge in [0.05, 0.1) is 16.4 Å². The van der Waals surface area contributed by atoms with Crippen LogP contribution in [0, 0.1) is 0 Å². The Hall–Kier alpha value is -1.000. The summed E-state index contributed by atoms with van der Waals surface area (Å²) in [5, 5.41) is 3.76. The van der Waals surface area contributed by atoms with Gasteiger partial charge in [-0.2, -0.15) is 0 Å². The van der Waals surface area contributed by atoms with Gasteiger partial charge in [-0.25, -0.2) is 15.0 Å². The van der Waals surface area contributed by atoms with Gasteiger partial charge in [-0.1, -0.05) is 39.3 Å². The second-order valence-electron chi connectivity index (χ2n) is 5.50. The number of nitrogens with zero attached hydrogens (tertiary/aromatic N) is 3. The van der Waals surface area contributed by atoms with Crippen LogP contribution in [0.4, 0.5) is 0 Å². The molecule has 0 aliphatic carbocycles. The van der Waals surface area contributed by atoms with Crippen LogP contribution < -0.4 is 0 Å². The van der Waals surface area contributed by atoms with E-state index in [1.807, 2.05) is 0 Å². The van der Waals surface area contributed by atoms with E-state index < -0.39 is 0 Å². The zero-order valence-corrected chi connectivity index (χ0v) is 13.3. The zero-order chi connectivity index (χ0) is 14.0. The van der Waals surface area contributed by atoms with E-state index >= 15 is 0 Å². The van der Waals surface area contributed by atoms with Gasteiger partial charge in [-0.05, 0) is 6.42 Å². The normalized spacial score (nSPS) is 11.8. The van der Waals surface area contributed by atoms with Gasteiger partial charge >= 0.3 is 0 Å². The first-order valence-corrected chi connectivity index (χ1v) is 7.60. The highest BCUT2D eigenvalue weighted by Crippen LogP contribution is 2.26. The second kappa shape index (κ2) is 5.55. The van der Waals surface area contributed by atoms with Gasteiger partial charge in [0.1, 0.15) is 11.5 Å². The van der Waals surface area contributed by atoms with E-state index in [0.717, 1.165) is 34.8 Å². The SMILES string of the molecule is CCc1c(Cl)ncnc1Cc1nc(C(C)(C)C)cs1. The highest BCUT2D eigenvalue weighted by molar-refractivity contribution is 7.09. The van der Waals surface area contributed by atoms with E-state index in [2.05, 4.69) is 43.0 Å². The molecule has 0 unspecified atom stereocenters. The van der Waals surface area contributed by atoms with Crippen molar-refractivity contribution >= 4 is 22.9 Å². The largest absolute Gasteiger partial charge is 0.245 e.